The normalized spacial score (nSPS) is 11.0. The molecule has 0 saturated carbocycles. The molecule has 112 valence electrons. The summed E-state index contributed by atoms with van der Waals surface area (Å²) in [4.78, 5) is 11.8. The Balaban J connectivity index is 2.52. The monoisotopic (exact) mass is 280 g/mol. The van der Waals surface area contributed by atoms with Gasteiger partial charge in [-0.15, -0.1) is 0 Å². The second-order valence-corrected chi connectivity index (χ2v) is 4.70. The van der Waals surface area contributed by atoms with Gasteiger partial charge in [-0.2, -0.15) is 0 Å². The molecule has 0 heterocycles. The highest BCUT2D eigenvalue weighted by Gasteiger charge is 2.22. The Labute approximate surface area is 120 Å². The molecule has 3 N–H and O–H groups in total. The molecule has 1 aromatic carbocycles. The van der Waals surface area contributed by atoms with Gasteiger partial charge < -0.3 is 20.5 Å². The molecule has 5 heteroatoms. The van der Waals surface area contributed by atoms with Gasteiger partial charge >= 0.3 is 6.03 Å². The summed E-state index contributed by atoms with van der Waals surface area (Å²) < 4.78 is 5.37. The first-order valence-corrected chi connectivity index (χ1v) is 7.03. The number of amides is 2. The van der Waals surface area contributed by atoms with Crippen molar-refractivity contribution in [3.05, 3.63) is 24.3 Å². The minimum atomic E-state index is -0.843. The SMILES string of the molecule is CCOc1cccc(NC(=O)NCC(O)(CC)CC)c1. The Bertz CT molecular complexity index is 431. The van der Waals surface area contributed by atoms with E-state index in [1.54, 1.807) is 12.1 Å². The average Bonchev–Trinajstić information content (AvgIpc) is 2.45. The Morgan fingerprint density at radius 1 is 1.30 bits per heavy atom. The highest BCUT2D eigenvalue weighted by Crippen LogP contribution is 2.17. The predicted octanol–water partition coefficient (Wildman–Crippen LogP) is 2.76. The third-order valence-corrected chi connectivity index (χ3v) is 3.30. The maximum Gasteiger partial charge on any atom is 0.319 e. The lowest BCUT2D eigenvalue weighted by atomic mass is 9.98. The van der Waals surface area contributed by atoms with Crippen LogP contribution in [0.4, 0.5) is 10.5 Å². The van der Waals surface area contributed by atoms with Crippen LogP contribution in [0.25, 0.3) is 0 Å². The average molecular weight is 280 g/mol. The number of ether oxygens (including phenoxy) is 1. The molecule has 0 aromatic heterocycles. The number of carbonyl (C=O) groups is 1. The van der Waals surface area contributed by atoms with Gasteiger partial charge in [-0.1, -0.05) is 19.9 Å². The molecule has 0 fully saturated rings. The summed E-state index contributed by atoms with van der Waals surface area (Å²) >= 11 is 0. The second kappa shape index (κ2) is 7.75. The predicted molar refractivity (Wildman–Crippen MR) is 80.2 cm³/mol. The van der Waals surface area contributed by atoms with E-state index in [-0.39, 0.29) is 12.6 Å². The highest BCUT2D eigenvalue weighted by atomic mass is 16.5. The zero-order valence-corrected chi connectivity index (χ0v) is 12.4. The van der Waals surface area contributed by atoms with E-state index < -0.39 is 5.60 Å². The third kappa shape index (κ3) is 5.09. The van der Waals surface area contributed by atoms with Gasteiger partial charge in [0.05, 0.1) is 12.2 Å². The van der Waals surface area contributed by atoms with Crippen molar-refractivity contribution in [1.29, 1.82) is 0 Å². The molecule has 0 spiro atoms. The number of hydrogen-bond acceptors (Lipinski definition) is 3. The Kier molecular flexibility index (Phi) is 6.31. The van der Waals surface area contributed by atoms with Gasteiger partial charge in [-0.25, -0.2) is 4.79 Å². The van der Waals surface area contributed by atoms with Crippen molar-refractivity contribution in [2.24, 2.45) is 0 Å². The van der Waals surface area contributed by atoms with Gasteiger partial charge in [-0.05, 0) is 31.9 Å². The molecule has 0 aliphatic heterocycles. The van der Waals surface area contributed by atoms with Crippen molar-refractivity contribution in [2.75, 3.05) is 18.5 Å². The van der Waals surface area contributed by atoms with Crippen LogP contribution in [0.3, 0.4) is 0 Å². The molecule has 0 unspecified atom stereocenters. The van der Waals surface area contributed by atoms with Gasteiger partial charge in [0.15, 0.2) is 0 Å². The van der Waals surface area contributed by atoms with Crippen LogP contribution in [0.2, 0.25) is 0 Å². The number of hydrogen-bond donors (Lipinski definition) is 3. The van der Waals surface area contributed by atoms with Gasteiger partial charge in [0.25, 0.3) is 0 Å². The molecule has 1 rings (SSSR count). The molecular formula is C15H24N2O3. The van der Waals surface area contributed by atoms with Crippen LogP contribution in [-0.2, 0) is 0 Å². The quantitative estimate of drug-likeness (QED) is 0.719. The molecule has 0 aliphatic carbocycles. The lowest BCUT2D eigenvalue weighted by Crippen LogP contribution is -2.43. The minimum absolute atomic E-state index is 0.233. The number of carbonyl (C=O) groups excluding carboxylic acids is 1. The van der Waals surface area contributed by atoms with Crippen molar-refractivity contribution in [3.63, 3.8) is 0 Å². The van der Waals surface area contributed by atoms with E-state index >= 15 is 0 Å². The van der Waals surface area contributed by atoms with Crippen molar-refractivity contribution in [1.82, 2.24) is 5.32 Å². The van der Waals surface area contributed by atoms with Crippen LogP contribution >= 0.6 is 0 Å². The molecule has 0 aliphatic rings. The summed E-state index contributed by atoms with van der Waals surface area (Å²) in [5, 5.41) is 15.5. The van der Waals surface area contributed by atoms with Crippen molar-refractivity contribution >= 4 is 11.7 Å². The largest absolute Gasteiger partial charge is 0.494 e. The summed E-state index contributed by atoms with van der Waals surface area (Å²) in [5.41, 5.74) is -0.185. The summed E-state index contributed by atoms with van der Waals surface area (Å²) in [5.74, 6) is 0.712. The van der Waals surface area contributed by atoms with Crippen molar-refractivity contribution < 1.29 is 14.6 Å². The number of rotatable bonds is 7. The number of urea groups is 1. The lowest BCUT2D eigenvalue weighted by Gasteiger charge is -2.25. The van der Waals surface area contributed by atoms with Gasteiger partial charge in [-0.3, -0.25) is 0 Å². The van der Waals surface area contributed by atoms with Gasteiger partial charge in [0.1, 0.15) is 5.75 Å². The molecule has 0 radical (unpaired) electrons. The molecule has 0 saturated heterocycles. The van der Waals surface area contributed by atoms with Crippen LogP contribution in [0.1, 0.15) is 33.6 Å². The van der Waals surface area contributed by atoms with E-state index in [1.165, 1.54) is 0 Å². The Morgan fingerprint density at radius 2 is 2.00 bits per heavy atom. The standard InChI is InChI=1S/C15H24N2O3/c1-4-15(19,5-2)11-16-14(18)17-12-8-7-9-13(10-12)20-6-3/h7-10,19H,4-6,11H2,1-3H3,(H2,16,17,18). The molecule has 2 amide bonds. The second-order valence-electron chi connectivity index (χ2n) is 4.70. The summed E-state index contributed by atoms with van der Waals surface area (Å²) in [6.45, 7) is 6.51. The van der Waals surface area contributed by atoms with Gasteiger partial charge in [0.2, 0.25) is 0 Å². The minimum Gasteiger partial charge on any atom is -0.494 e. The van der Waals surface area contributed by atoms with E-state index in [2.05, 4.69) is 10.6 Å². The fourth-order valence-corrected chi connectivity index (χ4v) is 1.75. The van der Waals surface area contributed by atoms with E-state index in [1.807, 2.05) is 32.9 Å². The highest BCUT2D eigenvalue weighted by molar-refractivity contribution is 5.89. The summed E-state index contributed by atoms with van der Waals surface area (Å²) in [6.07, 6.45) is 1.20. The van der Waals surface area contributed by atoms with Crippen molar-refractivity contribution in [3.8, 4) is 5.75 Å². The number of nitrogens with one attached hydrogen (secondary N) is 2. The zero-order chi connectivity index (χ0) is 15.0. The topological polar surface area (TPSA) is 70.6 Å². The molecular weight excluding hydrogens is 256 g/mol. The van der Waals surface area contributed by atoms with Crippen molar-refractivity contribution in [2.45, 2.75) is 39.2 Å². The smallest absolute Gasteiger partial charge is 0.319 e. The van der Waals surface area contributed by atoms with Crippen LogP contribution in [0, 0.1) is 0 Å². The van der Waals surface area contributed by atoms with E-state index in [0.717, 1.165) is 0 Å². The maximum atomic E-state index is 11.8. The fraction of sp³-hybridized carbons (Fsp3) is 0.533. The fourth-order valence-electron chi connectivity index (χ4n) is 1.75. The number of aliphatic hydroxyl groups is 1. The first-order chi connectivity index (χ1) is 9.53. The van der Waals surface area contributed by atoms with Crippen LogP contribution < -0.4 is 15.4 Å². The van der Waals surface area contributed by atoms with E-state index in [4.69, 9.17) is 4.74 Å². The molecule has 1 aromatic rings. The zero-order valence-electron chi connectivity index (χ0n) is 12.4. The first-order valence-electron chi connectivity index (χ1n) is 7.03. The molecule has 20 heavy (non-hydrogen) atoms. The maximum absolute atomic E-state index is 11.8. The Hall–Kier alpha value is -1.75. The lowest BCUT2D eigenvalue weighted by molar-refractivity contribution is 0.0354. The summed E-state index contributed by atoms with van der Waals surface area (Å²) in [6, 6.07) is 6.86. The van der Waals surface area contributed by atoms with E-state index in [9.17, 15) is 9.90 Å². The van der Waals surface area contributed by atoms with Crippen LogP contribution in [0.5, 0.6) is 5.75 Å². The van der Waals surface area contributed by atoms with Crippen LogP contribution in [0.15, 0.2) is 24.3 Å². The third-order valence-electron chi connectivity index (χ3n) is 3.30. The molecule has 0 atom stereocenters. The summed E-state index contributed by atoms with van der Waals surface area (Å²) in [7, 11) is 0. The number of anilines is 1. The molecule has 0 bridgehead atoms. The Morgan fingerprint density at radius 3 is 2.60 bits per heavy atom. The van der Waals surface area contributed by atoms with Crippen LogP contribution in [-0.4, -0.2) is 29.9 Å². The van der Waals surface area contributed by atoms with Gasteiger partial charge in [0, 0.05) is 18.3 Å². The number of benzene rings is 1. The molecule has 5 nitrogen and oxygen atoms in total. The van der Waals surface area contributed by atoms with E-state index in [0.29, 0.717) is 30.9 Å². The first kappa shape index (κ1) is 16.3.